The SMILES string of the molecule is c1cc2c(o1)CCCC2N1CCNCC12CCCCC2. The van der Waals surface area contributed by atoms with Crippen molar-refractivity contribution in [2.24, 2.45) is 0 Å². The summed E-state index contributed by atoms with van der Waals surface area (Å²) in [6.07, 6.45) is 12.6. The van der Waals surface area contributed by atoms with Crippen molar-refractivity contribution >= 4 is 0 Å². The summed E-state index contributed by atoms with van der Waals surface area (Å²) in [5.74, 6) is 1.26. The number of piperazine rings is 1. The maximum absolute atomic E-state index is 5.71. The fourth-order valence-corrected chi connectivity index (χ4v) is 4.81. The molecule has 1 saturated heterocycles. The number of nitrogens with zero attached hydrogens (tertiary/aromatic N) is 1. The van der Waals surface area contributed by atoms with E-state index in [0.29, 0.717) is 11.6 Å². The molecule has 2 aliphatic carbocycles. The molecule has 1 aromatic rings. The van der Waals surface area contributed by atoms with E-state index in [-0.39, 0.29) is 0 Å². The fourth-order valence-electron chi connectivity index (χ4n) is 4.81. The Kier molecular flexibility index (Phi) is 3.35. The highest BCUT2D eigenvalue weighted by Crippen LogP contribution is 2.44. The average Bonchev–Trinajstić information content (AvgIpc) is 2.97. The van der Waals surface area contributed by atoms with Gasteiger partial charge in [0.15, 0.2) is 0 Å². The van der Waals surface area contributed by atoms with Gasteiger partial charge in [0.2, 0.25) is 0 Å². The Hall–Kier alpha value is -0.800. The van der Waals surface area contributed by atoms with Crippen molar-refractivity contribution in [1.82, 2.24) is 10.2 Å². The van der Waals surface area contributed by atoms with Gasteiger partial charge >= 0.3 is 0 Å². The third-order valence-electron chi connectivity index (χ3n) is 5.77. The quantitative estimate of drug-likeness (QED) is 0.852. The van der Waals surface area contributed by atoms with Gasteiger partial charge in [-0.25, -0.2) is 0 Å². The molecule has 2 fully saturated rings. The number of hydrogen-bond acceptors (Lipinski definition) is 3. The van der Waals surface area contributed by atoms with Crippen molar-refractivity contribution in [1.29, 1.82) is 0 Å². The first-order valence-corrected chi connectivity index (χ1v) is 8.43. The van der Waals surface area contributed by atoms with Crippen LogP contribution in [0.4, 0.5) is 0 Å². The van der Waals surface area contributed by atoms with E-state index in [1.54, 1.807) is 0 Å². The van der Waals surface area contributed by atoms with Crippen molar-refractivity contribution in [3.8, 4) is 0 Å². The van der Waals surface area contributed by atoms with E-state index in [9.17, 15) is 0 Å². The van der Waals surface area contributed by atoms with E-state index in [0.717, 1.165) is 13.0 Å². The minimum Gasteiger partial charge on any atom is -0.469 e. The lowest BCUT2D eigenvalue weighted by molar-refractivity contribution is -0.0143. The van der Waals surface area contributed by atoms with Gasteiger partial charge in [-0.05, 0) is 31.7 Å². The monoisotopic (exact) mass is 274 g/mol. The van der Waals surface area contributed by atoms with Gasteiger partial charge in [-0.15, -0.1) is 0 Å². The smallest absolute Gasteiger partial charge is 0.108 e. The molecule has 1 N–H and O–H groups in total. The van der Waals surface area contributed by atoms with E-state index >= 15 is 0 Å². The third-order valence-corrected chi connectivity index (χ3v) is 5.77. The fraction of sp³-hybridized carbons (Fsp3) is 0.765. The second kappa shape index (κ2) is 5.19. The Morgan fingerprint density at radius 2 is 2.10 bits per heavy atom. The van der Waals surface area contributed by atoms with Crippen LogP contribution in [0.25, 0.3) is 0 Å². The Labute approximate surface area is 121 Å². The van der Waals surface area contributed by atoms with Gasteiger partial charge in [0, 0.05) is 43.2 Å². The van der Waals surface area contributed by atoms with Crippen molar-refractivity contribution in [3.63, 3.8) is 0 Å². The maximum Gasteiger partial charge on any atom is 0.108 e. The summed E-state index contributed by atoms with van der Waals surface area (Å²) in [7, 11) is 0. The lowest BCUT2D eigenvalue weighted by Crippen LogP contribution is -2.62. The first-order valence-electron chi connectivity index (χ1n) is 8.43. The van der Waals surface area contributed by atoms with E-state index in [1.165, 1.54) is 69.4 Å². The molecule has 0 bridgehead atoms. The molecule has 1 aliphatic heterocycles. The number of hydrogen-bond donors (Lipinski definition) is 1. The van der Waals surface area contributed by atoms with Gasteiger partial charge in [0.25, 0.3) is 0 Å². The van der Waals surface area contributed by atoms with Crippen LogP contribution >= 0.6 is 0 Å². The molecular formula is C17H26N2O. The van der Waals surface area contributed by atoms with Gasteiger partial charge in [0.05, 0.1) is 6.26 Å². The van der Waals surface area contributed by atoms with E-state index in [1.807, 2.05) is 6.26 Å². The summed E-state index contributed by atoms with van der Waals surface area (Å²) >= 11 is 0. The summed E-state index contributed by atoms with van der Waals surface area (Å²) < 4.78 is 5.71. The molecule has 1 atom stereocenters. The summed E-state index contributed by atoms with van der Waals surface area (Å²) in [6.45, 7) is 3.54. The number of furan rings is 1. The lowest BCUT2D eigenvalue weighted by atomic mass is 9.76. The largest absolute Gasteiger partial charge is 0.469 e. The van der Waals surface area contributed by atoms with Gasteiger partial charge in [-0.3, -0.25) is 4.90 Å². The molecule has 0 aromatic carbocycles. The molecule has 110 valence electrons. The normalized spacial score (nSPS) is 30.3. The van der Waals surface area contributed by atoms with Crippen LogP contribution in [-0.2, 0) is 6.42 Å². The van der Waals surface area contributed by atoms with Gasteiger partial charge < -0.3 is 9.73 Å². The van der Waals surface area contributed by atoms with Crippen molar-refractivity contribution in [2.45, 2.75) is 62.9 Å². The molecule has 1 spiro atoms. The van der Waals surface area contributed by atoms with Crippen LogP contribution < -0.4 is 5.32 Å². The zero-order valence-corrected chi connectivity index (χ0v) is 12.4. The molecule has 3 nitrogen and oxygen atoms in total. The van der Waals surface area contributed by atoms with Crippen LogP contribution in [0.2, 0.25) is 0 Å². The van der Waals surface area contributed by atoms with Crippen LogP contribution in [0, 0.1) is 0 Å². The Balaban J connectivity index is 1.66. The lowest BCUT2D eigenvalue weighted by Gasteiger charge is -2.53. The third kappa shape index (κ3) is 2.03. The van der Waals surface area contributed by atoms with E-state index in [2.05, 4.69) is 16.3 Å². The Morgan fingerprint density at radius 3 is 3.00 bits per heavy atom. The van der Waals surface area contributed by atoms with Crippen molar-refractivity contribution in [2.75, 3.05) is 19.6 Å². The predicted molar refractivity (Wildman–Crippen MR) is 79.8 cm³/mol. The van der Waals surface area contributed by atoms with Crippen LogP contribution in [0.15, 0.2) is 16.7 Å². The zero-order chi connectivity index (χ0) is 13.4. The summed E-state index contributed by atoms with van der Waals surface area (Å²) in [5, 5.41) is 3.67. The summed E-state index contributed by atoms with van der Waals surface area (Å²) in [5.41, 5.74) is 1.91. The second-order valence-corrected chi connectivity index (χ2v) is 6.86. The van der Waals surface area contributed by atoms with Gasteiger partial charge in [0.1, 0.15) is 5.76 Å². The number of aryl methyl sites for hydroxylation is 1. The standard InChI is InChI=1S/C17H26N2O/c1-2-8-17(9-3-1)13-18-10-11-19(17)15-5-4-6-16-14(15)7-12-20-16/h7,12,15,18H,1-6,8-11,13H2. The minimum absolute atomic E-state index is 0.424. The summed E-state index contributed by atoms with van der Waals surface area (Å²) in [4.78, 5) is 2.86. The molecule has 2 heterocycles. The van der Waals surface area contributed by atoms with Gasteiger partial charge in [-0.2, -0.15) is 0 Å². The van der Waals surface area contributed by atoms with E-state index in [4.69, 9.17) is 4.42 Å². The summed E-state index contributed by atoms with van der Waals surface area (Å²) in [6, 6.07) is 2.84. The average molecular weight is 274 g/mol. The molecule has 0 radical (unpaired) electrons. The van der Waals surface area contributed by atoms with Crippen LogP contribution in [-0.4, -0.2) is 30.1 Å². The number of fused-ring (bicyclic) bond motifs is 1. The number of nitrogens with one attached hydrogen (secondary N) is 1. The Bertz CT molecular complexity index is 453. The van der Waals surface area contributed by atoms with Crippen LogP contribution in [0.1, 0.15) is 62.3 Å². The molecule has 1 aromatic heterocycles. The molecular weight excluding hydrogens is 248 g/mol. The topological polar surface area (TPSA) is 28.4 Å². The molecule has 3 heteroatoms. The molecule has 1 saturated carbocycles. The molecule has 1 unspecified atom stereocenters. The molecule has 20 heavy (non-hydrogen) atoms. The number of rotatable bonds is 1. The first kappa shape index (κ1) is 12.9. The Morgan fingerprint density at radius 1 is 1.20 bits per heavy atom. The van der Waals surface area contributed by atoms with Crippen molar-refractivity contribution < 1.29 is 4.42 Å². The highest BCUT2D eigenvalue weighted by molar-refractivity contribution is 5.25. The highest BCUT2D eigenvalue weighted by Gasteiger charge is 2.44. The molecule has 0 amide bonds. The highest BCUT2D eigenvalue weighted by atomic mass is 16.3. The molecule has 4 rings (SSSR count). The molecule has 3 aliphatic rings. The van der Waals surface area contributed by atoms with Crippen LogP contribution in [0.3, 0.4) is 0 Å². The predicted octanol–water partition coefficient (Wildman–Crippen LogP) is 3.27. The zero-order valence-electron chi connectivity index (χ0n) is 12.4. The van der Waals surface area contributed by atoms with E-state index < -0.39 is 0 Å². The second-order valence-electron chi connectivity index (χ2n) is 6.86. The first-order chi connectivity index (χ1) is 9.89. The van der Waals surface area contributed by atoms with Gasteiger partial charge in [-0.1, -0.05) is 19.3 Å². The van der Waals surface area contributed by atoms with Crippen LogP contribution in [0.5, 0.6) is 0 Å². The van der Waals surface area contributed by atoms with Crippen molar-refractivity contribution in [3.05, 3.63) is 23.7 Å². The minimum atomic E-state index is 0.424. The maximum atomic E-state index is 5.71.